The number of halogens is 1. The van der Waals surface area contributed by atoms with E-state index in [4.69, 9.17) is 5.26 Å². The van der Waals surface area contributed by atoms with E-state index in [1.54, 1.807) is 6.07 Å². The first kappa shape index (κ1) is 14.9. The molecule has 0 spiro atoms. The number of hydrogen-bond acceptors (Lipinski definition) is 4. The van der Waals surface area contributed by atoms with Crippen molar-refractivity contribution in [3.8, 4) is 6.07 Å². The van der Waals surface area contributed by atoms with Crippen molar-refractivity contribution in [3.05, 3.63) is 29.6 Å². The van der Waals surface area contributed by atoms with Crippen LogP contribution in [0.15, 0.2) is 23.1 Å². The van der Waals surface area contributed by atoms with Gasteiger partial charge in [0.05, 0.1) is 0 Å². The average Bonchev–Trinajstić information content (AvgIpc) is 2.91. The molecule has 0 saturated carbocycles. The molecule has 0 atom stereocenters. The van der Waals surface area contributed by atoms with Crippen molar-refractivity contribution in [1.29, 1.82) is 5.26 Å². The van der Waals surface area contributed by atoms with Crippen LogP contribution >= 0.6 is 0 Å². The summed E-state index contributed by atoms with van der Waals surface area (Å²) in [6.45, 7) is 2.83. The van der Waals surface area contributed by atoms with E-state index in [1.165, 1.54) is 12.1 Å². The van der Waals surface area contributed by atoms with Gasteiger partial charge >= 0.3 is 0 Å². The van der Waals surface area contributed by atoms with Crippen molar-refractivity contribution in [2.75, 3.05) is 26.2 Å². The number of rotatable bonds is 5. The van der Waals surface area contributed by atoms with Crippen LogP contribution < -0.4 is 4.72 Å². The fraction of sp³-hybridized carbons (Fsp3) is 0.462. The fourth-order valence-corrected chi connectivity index (χ4v) is 3.44. The summed E-state index contributed by atoms with van der Waals surface area (Å²) in [6.07, 6.45) is 2.27. The predicted octanol–water partition coefficient (Wildman–Crippen LogP) is 1.07. The molecule has 0 aromatic heterocycles. The number of nitriles is 1. The van der Waals surface area contributed by atoms with Gasteiger partial charge in [-0.3, -0.25) is 0 Å². The topological polar surface area (TPSA) is 73.2 Å². The Kier molecular flexibility index (Phi) is 4.70. The Morgan fingerprint density at radius 3 is 2.70 bits per heavy atom. The third-order valence-electron chi connectivity index (χ3n) is 3.30. The third-order valence-corrected chi connectivity index (χ3v) is 4.80. The molecule has 0 radical (unpaired) electrons. The van der Waals surface area contributed by atoms with Gasteiger partial charge < -0.3 is 4.90 Å². The summed E-state index contributed by atoms with van der Waals surface area (Å²) < 4.78 is 40.0. The minimum absolute atomic E-state index is 0.254. The van der Waals surface area contributed by atoms with E-state index >= 15 is 0 Å². The number of likely N-dealkylation sites (tertiary alicyclic amines) is 1. The standard InChI is InChI=1S/C13H16FN3O2S/c14-12-4-3-5-13(11(12)10-15)20(18,19)16-6-9-17-7-1-2-8-17/h3-5,16H,1-2,6-9H2. The molecule has 1 aliphatic heterocycles. The summed E-state index contributed by atoms with van der Waals surface area (Å²) in [7, 11) is -3.86. The van der Waals surface area contributed by atoms with E-state index in [2.05, 4.69) is 9.62 Å². The van der Waals surface area contributed by atoms with Crippen molar-refractivity contribution in [1.82, 2.24) is 9.62 Å². The highest BCUT2D eigenvalue weighted by molar-refractivity contribution is 7.89. The van der Waals surface area contributed by atoms with Gasteiger partial charge in [0, 0.05) is 13.1 Å². The predicted molar refractivity (Wildman–Crippen MR) is 72.0 cm³/mol. The van der Waals surface area contributed by atoms with Crippen LogP contribution in [-0.2, 0) is 10.0 Å². The second-order valence-electron chi connectivity index (χ2n) is 4.67. The lowest BCUT2D eigenvalue weighted by molar-refractivity contribution is 0.344. The highest BCUT2D eigenvalue weighted by Crippen LogP contribution is 2.17. The summed E-state index contributed by atoms with van der Waals surface area (Å²) in [6, 6.07) is 5.19. The first-order valence-electron chi connectivity index (χ1n) is 6.45. The van der Waals surface area contributed by atoms with E-state index in [0.29, 0.717) is 6.54 Å². The summed E-state index contributed by atoms with van der Waals surface area (Å²) in [5.41, 5.74) is -0.443. The molecule has 1 aromatic rings. The Hall–Kier alpha value is -1.49. The molecule has 1 fully saturated rings. The summed E-state index contributed by atoms with van der Waals surface area (Å²) in [4.78, 5) is 1.86. The van der Waals surface area contributed by atoms with Crippen LogP contribution in [0.4, 0.5) is 4.39 Å². The van der Waals surface area contributed by atoms with Crippen LogP contribution in [0.2, 0.25) is 0 Å². The van der Waals surface area contributed by atoms with Crippen molar-refractivity contribution < 1.29 is 12.8 Å². The number of nitrogens with one attached hydrogen (secondary N) is 1. The quantitative estimate of drug-likeness (QED) is 0.882. The van der Waals surface area contributed by atoms with E-state index < -0.39 is 21.4 Å². The van der Waals surface area contributed by atoms with Gasteiger partial charge in [-0.15, -0.1) is 0 Å². The fourth-order valence-electron chi connectivity index (χ4n) is 2.26. The molecule has 1 heterocycles. The van der Waals surface area contributed by atoms with Crippen LogP contribution in [-0.4, -0.2) is 39.5 Å². The molecule has 1 aliphatic rings. The van der Waals surface area contributed by atoms with Crippen LogP contribution in [0.25, 0.3) is 0 Å². The largest absolute Gasteiger partial charge is 0.302 e. The second-order valence-corrected chi connectivity index (χ2v) is 6.41. The van der Waals surface area contributed by atoms with Crippen molar-refractivity contribution in [2.24, 2.45) is 0 Å². The maximum absolute atomic E-state index is 13.4. The Morgan fingerprint density at radius 1 is 1.35 bits per heavy atom. The Bertz CT molecular complexity index is 619. The molecule has 1 saturated heterocycles. The van der Waals surface area contributed by atoms with Crippen LogP contribution in [0.3, 0.4) is 0 Å². The van der Waals surface area contributed by atoms with E-state index in [-0.39, 0.29) is 11.4 Å². The summed E-state index contributed by atoms with van der Waals surface area (Å²) in [5.74, 6) is -0.824. The zero-order valence-corrected chi connectivity index (χ0v) is 11.8. The van der Waals surface area contributed by atoms with E-state index in [0.717, 1.165) is 32.0 Å². The number of nitrogens with zero attached hydrogens (tertiary/aromatic N) is 2. The molecule has 1 N–H and O–H groups in total. The lowest BCUT2D eigenvalue weighted by atomic mass is 10.2. The smallest absolute Gasteiger partial charge is 0.242 e. The number of sulfonamides is 1. The molecule has 2 rings (SSSR count). The maximum Gasteiger partial charge on any atom is 0.242 e. The number of benzene rings is 1. The first-order chi connectivity index (χ1) is 9.54. The molecule has 0 aliphatic carbocycles. The lowest BCUT2D eigenvalue weighted by Gasteiger charge is -2.15. The van der Waals surface area contributed by atoms with Gasteiger partial charge in [-0.1, -0.05) is 6.07 Å². The normalized spacial score (nSPS) is 16.2. The minimum atomic E-state index is -3.86. The molecule has 108 valence electrons. The van der Waals surface area contributed by atoms with Crippen molar-refractivity contribution in [3.63, 3.8) is 0 Å². The van der Waals surface area contributed by atoms with E-state index in [9.17, 15) is 12.8 Å². The summed E-state index contributed by atoms with van der Waals surface area (Å²) in [5, 5.41) is 8.87. The van der Waals surface area contributed by atoms with Gasteiger partial charge in [-0.2, -0.15) is 5.26 Å². The average molecular weight is 297 g/mol. The minimum Gasteiger partial charge on any atom is -0.302 e. The summed E-state index contributed by atoms with van der Waals surface area (Å²) >= 11 is 0. The van der Waals surface area contributed by atoms with Gasteiger partial charge in [-0.25, -0.2) is 17.5 Å². The van der Waals surface area contributed by atoms with Crippen molar-refractivity contribution in [2.45, 2.75) is 17.7 Å². The van der Waals surface area contributed by atoms with Crippen LogP contribution in [0.1, 0.15) is 18.4 Å². The highest BCUT2D eigenvalue weighted by atomic mass is 32.2. The monoisotopic (exact) mass is 297 g/mol. The first-order valence-corrected chi connectivity index (χ1v) is 7.93. The molecular weight excluding hydrogens is 281 g/mol. The Balaban J connectivity index is 2.06. The SMILES string of the molecule is N#Cc1c(F)cccc1S(=O)(=O)NCCN1CCCC1. The zero-order chi connectivity index (χ0) is 14.6. The Morgan fingerprint density at radius 2 is 2.05 bits per heavy atom. The maximum atomic E-state index is 13.4. The zero-order valence-electron chi connectivity index (χ0n) is 11.0. The molecule has 5 nitrogen and oxygen atoms in total. The van der Waals surface area contributed by atoms with Crippen LogP contribution in [0.5, 0.6) is 0 Å². The molecule has 1 aromatic carbocycles. The third kappa shape index (κ3) is 3.33. The molecule has 7 heteroatoms. The van der Waals surface area contributed by atoms with Crippen LogP contribution in [0, 0.1) is 17.1 Å². The van der Waals surface area contributed by atoms with Gasteiger partial charge in [-0.05, 0) is 38.1 Å². The Labute approximate surface area is 118 Å². The van der Waals surface area contributed by atoms with Gasteiger partial charge in [0.1, 0.15) is 22.3 Å². The second kappa shape index (κ2) is 6.31. The molecule has 0 unspecified atom stereocenters. The van der Waals surface area contributed by atoms with E-state index in [1.807, 2.05) is 0 Å². The van der Waals surface area contributed by atoms with Crippen molar-refractivity contribution >= 4 is 10.0 Å². The molecule has 0 bridgehead atoms. The van der Waals surface area contributed by atoms with Gasteiger partial charge in [0.2, 0.25) is 10.0 Å². The molecular formula is C13H16FN3O2S. The number of hydrogen-bond donors (Lipinski definition) is 1. The van der Waals surface area contributed by atoms with Gasteiger partial charge in [0.15, 0.2) is 0 Å². The lowest BCUT2D eigenvalue weighted by Crippen LogP contribution is -2.33. The van der Waals surface area contributed by atoms with Gasteiger partial charge in [0.25, 0.3) is 0 Å². The highest BCUT2D eigenvalue weighted by Gasteiger charge is 2.21. The molecule has 20 heavy (non-hydrogen) atoms. The molecule has 0 amide bonds.